The molecule has 3 aliphatic rings. The molecule has 0 aromatic rings. The van der Waals surface area contributed by atoms with E-state index in [1.54, 1.807) is 0 Å². The van der Waals surface area contributed by atoms with Crippen molar-refractivity contribution >= 4 is 11.9 Å². The van der Waals surface area contributed by atoms with Crippen LogP contribution < -0.4 is 5.32 Å². The van der Waals surface area contributed by atoms with Crippen LogP contribution in [-0.2, 0) is 9.59 Å². The number of alkyl halides is 3. The number of hydrogen-bond acceptors (Lipinski definition) is 2. The number of amides is 1. The Morgan fingerprint density at radius 2 is 1.88 bits per heavy atom. The first-order valence-corrected chi connectivity index (χ1v) is 5.31. The first-order valence-electron chi connectivity index (χ1n) is 5.31. The Morgan fingerprint density at radius 3 is 2.29 bits per heavy atom. The molecule has 2 N–H and O–H groups in total. The van der Waals surface area contributed by atoms with Crippen LogP contribution in [0.2, 0.25) is 0 Å². The van der Waals surface area contributed by atoms with Crippen molar-refractivity contribution in [1.82, 2.24) is 5.32 Å². The molecule has 3 rings (SSSR count). The highest BCUT2D eigenvalue weighted by Crippen LogP contribution is 2.61. The number of aliphatic carboxylic acids is 1. The third kappa shape index (κ3) is 2.10. The highest BCUT2D eigenvalue weighted by Gasteiger charge is 2.58. The number of carbonyl (C=O) groups excluding carboxylic acids is 1. The summed E-state index contributed by atoms with van der Waals surface area (Å²) in [6.07, 6.45) is -3.31. The lowest BCUT2D eigenvalue weighted by molar-refractivity contribution is -0.174. The maximum atomic E-state index is 12.0. The van der Waals surface area contributed by atoms with Gasteiger partial charge in [0, 0.05) is 6.54 Å². The number of fused-ring (bicyclic) bond motifs is 1. The van der Waals surface area contributed by atoms with Gasteiger partial charge in [0.1, 0.15) is 0 Å². The van der Waals surface area contributed by atoms with Crippen molar-refractivity contribution in [2.24, 2.45) is 17.3 Å². The largest absolute Gasteiger partial charge is 0.481 e. The molecule has 3 saturated carbocycles. The van der Waals surface area contributed by atoms with Gasteiger partial charge in [0.2, 0.25) is 0 Å². The Bertz CT molecular complexity index is 360. The van der Waals surface area contributed by atoms with Gasteiger partial charge in [-0.25, -0.2) is 0 Å². The first kappa shape index (κ1) is 12.2. The summed E-state index contributed by atoms with van der Waals surface area (Å²) in [5, 5.41) is 10.7. The van der Waals surface area contributed by atoms with Crippen LogP contribution >= 0.6 is 0 Å². The molecule has 1 unspecified atom stereocenters. The summed E-state index contributed by atoms with van der Waals surface area (Å²) < 4.78 is 35.9. The molecule has 3 aliphatic carbocycles. The molecule has 0 aliphatic heterocycles. The van der Waals surface area contributed by atoms with Gasteiger partial charge in [0.05, 0.1) is 5.92 Å². The molecule has 0 aromatic heterocycles. The summed E-state index contributed by atoms with van der Waals surface area (Å²) in [5.41, 5.74) is -0.422. The van der Waals surface area contributed by atoms with Gasteiger partial charge in [-0.15, -0.1) is 0 Å². The second-order valence-electron chi connectivity index (χ2n) is 5.00. The number of carbonyl (C=O) groups is 2. The molecule has 2 bridgehead atoms. The fourth-order valence-electron chi connectivity index (χ4n) is 3.01. The van der Waals surface area contributed by atoms with Crippen molar-refractivity contribution in [2.45, 2.75) is 25.4 Å². The topological polar surface area (TPSA) is 66.4 Å². The van der Waals surface area contributed by atoms with Crippen LogP contribution in [0.3, 0.4) is 0 Å². The number of rotatable bonds is 3. The zero-order chi connectivity index (χ0) is 12.8. The Morgan fingerprint density at radius 1 is 1.29 bits per heavy atom. The number of nitrogens with one attached hydrogen (secondary N) is 1. The van der Waals surface area contributed by atoms with Gasteiger partial charge in [-0.2, -0.15) is 13.2 Å². The van der Waals surface area contributed by atoms with Gasteiger partial charge in [0.15, 0.2) is 0 Å². The molecule has 96 valence electrons. The van der Waals surface area contributed by atoms with Crippen molar-refractivity contribution in [3.63, 3.8) is 0 Å². The molecule has 0 aromatic carbocycles. The lowest BCUT2D eigenvalue weighted by Gasteiger charge is -2.38. The van der Waals surface area contributed by atoms with Crippen LogP contribution in [0.4, 0.5) is 13.2 Å². The minimum absolute atomic E-state index is 0.0651. The molecule has 1 amide bonds. The number of carboxylic acid groups (broad SMARTS) is 1. The van der Waals surface area contributed by atoms with E-state index < -0.39 is 29.4 Å². The SMILES string of the molecule is O=C(O)C1CC2(CNC(=O)C(F)(F)F)CC1C2. The highest BCUT2D eigenvalue weighted by molar-refractivity contribution is 5.81. The number of carboxylic acids is 1. The summed E-state index contributed by atoms with van der Waals surface area (Å²) in [4.78, 5) is 21.5. The van der Waals surface area contributed by atoms with Crippen molar-refractivity contribution < 1.29 is 27.9 Å². The Balaban J connectivity index is 1.87. The highest BCUT2D eigenvalue weighted by atomic mass is 19.4. The van der Waals surface area contributed by atoms with Gasteiger partial charge in [-0.1, -0.05) is 0 Å². The summed E-state index contributed by atoms with van der Waals surface area (Å²) >= 11 is 0. The van der Waals surface area contributed by atoms with Crippen LogP contribution in [-0.4, -0.2) is 29.7 Å². The molecule has 0 heterocycles. The standard InChI is InChI=1S/C10H12F3NO3/c11-10(12,13)8(17)14-4-9-1-5(2-9)6(3-9)7(15)16/h5-6H,1-4H2,(H,14,17)(H,15,16). The molecular formula is C10H12F3NO3. The van der Waals surface area contributed by atoms with E-state index in [4.69, 9.17) is 5.11 Å². The predicted molar refractivity (Wildman–Crippen MR) is 50.0 cm³/mol. The predicted octanol–water partition coefficient (Wildman–Crippen LogP) is 1.17. The van der Waals surface area contributed by atoms with Crippen LogP contribution in [0.15, 0.2) is 0 Å². The molecule has 4 nitrogen and oxygen atoms in total. The van der Waals surface area contributed by atoms with Crippen molar-refractivity contribution in [1.29, 1.82) is 0 Å². The van der Waals surface area contributed by atoms with Gasteiger partial charge in [-0.05, 0) is 30.6 Å². The van der Waals surface area contributed by atoms with Crippen LogP contribution in [0, 0.1) is 17.3 Å². The fourth-order valence-corrected chi connectivity index (χ4v) is 3.01. The monoisotopic (exact) mass is 251 g/mol. The van der Waals surface area contributed by atoms with Crippen LogP contribution in [0.5, 0.6) is 0 Å². The number of halogens is 3. The van der Waals surface area contributed by atoms with E-state index >= 15 is 0 Å². The van der Waals surface area contributed by atoms with Gasteiger partial charge in [0.25, 0.3) is 0 Å². The van der Waals surface area contributed by atoms with E-state index in [9.17, 15) is 22.8 Å². The molecule has 0 radical (unpaired) electrons. The first-order chi connectivity index (χ1) is 7.73. The normalized spacial score (nSPS) is 35.2. The quantitative estimate of drug-likeness (QED) is 0.791. The lowest BCUT2D eigenvalue weighted by Crippen LogP contribution is -2.45. The number of hydrogen-bond donors (Lipinski definition) is 2. The smallest absolute Gasteiger partial charge is 0.471 e. The second-order valence-corrected chi connectivity index (χ2v) is 5.00. The lowest BCUT2D eigenvalue weighted by atomic mass is 9.69. The van der Waals surface area contributed by atoms with Crippen LogP contribution in [0.25, 0.3) is 0 Å². The minimum Gasteiger partial charge on any atom is -0.481 e. The molecule has 0 saturated heterocycles. The zero-order valence-corrected chi connectivity index (χ0v) is 8.88. The van der Waals surface area contributed by atoms with Crippen molar-refractivity contribution in [2.75, 3.05) is 6.54 Å². The Kier molecular flexibility index (Phi) is 2.59. The summed E-state index contributed by atoms with van der Waals surface area (Å²) in [7, 11) is 0. The summed E-state index contributed by atoms with van der Waals surface area (Å²) in [6, 6.07) is 0. The van der Waals surface area contributed by atoms with Crippen molar-refractivity contribution in [3.05, 3.63) is 0 Å². The third-order valence-corrected chi connectivity index (χ3v) is 3.81. The maximum absolute atomic E-state index is 12.0. The average Bonchev–Trinajstić information content (AvgIpc) is 2.66. The zero-order valence-electron chi connectivity index (χ0n) is 8.88. The minimum atomic E-state index is -4.87. The molecular weight excluding hydrogens is 239 g/mol. The summed E-state index contributed by atoms with van der Waals surface area (Å²) in [6.45, 7) is -0.0778. The molecule has 3 fully saturated rings. The average molecular weight is 251 g/mol. The van der Waals surface area contributed by atoms with Gasteiger partial charge >= 0.3 is 18.1 Å². The van der Waals surface area contributed by atoms with E-state index in [1.807, 2.05) is 5.32 Å². The van der Waals surface area contributed by atoms with E-state index in [1.165, 1.54) is 0 Å². The van der Waals surface area contributed by atoms with Gasteiger partial charge in [-0.3, -0.25) is 9.59 Å². The molecule has 17 heavy (non-hydrogen) atoms. The Labute approximate surface area is 95.2 Å². The fraction of sp³-hybridized carbons (Fsp3) is 0.800. The van der Waals surface area contributed by atoms with Crippen LogP contribution in [0.1, 0.15) is 19.3 Å². The van der Waals surface area contributed by atoms with E-state index in [0.29, 0.717) is 19.3 Å². The molecule has 7 heteroatoms. The Hall–Kier alpha value is -1.27. The second kappa shape index (κ2) is 3.61. The van der Waals surface area contributed by atoms with Gasteiger partial charge < -0.3 is 10.4 Å². The summed E-state index contributed by atoms with van der Waals surface area (Å²) in [5.74, 6) is -3.24. The molecule has 0 spiro atoms. The maximum Gasteiger partial charge on any atom is 0.471 e. The van der Waals surface area contributed by atoms with E-state index in [-0.39, 0.29) is 12.5 Å². The molecule has 1 atom stereocenters. The van der Waals surface area contributed by atoms with Crippen molar-refractivity contribution in [3.8, 4) is 0 Å². The van der Waals surface area contributed by atoms with E-state index in [0.717, 1.165) is 0 Å². The van der Waals surface area contributed by atoms with E-state index in [2.05, 4.69) is 0 Å². The third-order valence-electron chi connectivity index (χ3n) is 3.81.